The van der Waals surface area contributed by atoms with Crippen LogP contribution in [0.2, 0.25) is 0 Å². The van der Waals surface area contributed by atoms with Crippen LogP contribution >= 0.6 is 0 Å². The van der Waals surface area contributed by atoms with Crippen molar-refractivity contribution in [1.29, 1.82) is 5.26 Å². The Bertz CT molecular complexity index is 4050. The number of hydrogen-bond acceptors (Lipinski definition) is 2. The van der Waals surface area contributed by atoms with Gasteiger partial charge in [-0.2, -0.15) is 5.26 Å². The number of aryl methyl sites for hydroxylation is 8. The molecule has 0 saturated heterocycles. The van der Waals surface area contributed by atoms with Crippen molar-refractivity contribution in [1.82, 2.24) is 14.1 Å². The number of hydrogen-bond donors (Lipinski definition) is 0. The van der Waals surface area contributed by atoms with Gasteiger partial charge in [-0.15, -0.1) is 0 Å². The number of rotatable bonds is 7. The van der Waals surface area contributed by atoms with Crippen LogP contribution in [0.3, 0.4) is 0 Å². The minimum absolute atomic E-state index is 0.581. The molecule has 0 aliphatic rings. The largest absolute Gasteiger partial charge is 0.309 e. The summed E-state index contributed by atoms with van der Waals surface area (Å²) in [7, 11) is 0. The molecule has 0 fully saturated rings. The predicted octanol–water partition coefficient (Wildman–Crippen LogP) is 17.9. The van der Waals surface area contributed by atoms with E-state index in [1.54, 1.807) is 0 Å². The van der Waals surface area contributed by atoms with Gasteiger partial charge in [-0.1, -0.05) is 119 Å². The fraction of sp³-hybridized carbons (Fsp3) is 0.118. The third-order valence-electron chi connectivity index (χ3n) is 15.0. The standard InChI is InChI=1S/C68H54N4/c1-40-9-18-53(44(5)29-40)49-14-23-64-58(34-49)59-35-50(54-19-10-41(2)30-45(54)6)15-24-65(59)71(64)63-22-13-48(38-69)33-57(63)62-39-70-28-27-68(62)72-66-25-16-51(55-20-11-42(3)31-46(55)7)36-60(66)61-37-52(17-26-67(61)72)56-21-12-43(4)32-47(56)8/h9-37,39H,1-8H3. The zero-order valence-corrected chi connectivity index (χ0v) is 42.1. The molecular weight excluding hydrogens is 873 g/mol. The average Bonchev–Trinajstić information content (AvgIpc) is 3.87. The van der Waals surface area contributed by atoms with Gasteiger partial charge in [0, 0.05) is 45.1 Å². The van der Waals surface area contributed by atoms with Crippen molar-refractivity contribution in [2.45, 2.75) is 55.4 Å². The van der Waals surface area contributed by atoms with Gasteiger partial charge in [0.05, 0.1) is 45.1 Å². The quantitative estimate of drug-likeness (QED) is 0.160. The molecule has 346 valence electrons. The van der Waals surface area contributed by atoms with Crippen LogP contribution in [-0.4, -0.2) is 14.1 Å². The number of fused-ring (bicyclic) bond motifs is 6. The van der Waals surface area contributed by atoms with E-state index in [4.69, 9.17) is 4.98 Å². The Morgan fingerprint density at radius 2 is 0.681 bits per heavy atom. The molecule has 0 radical (unpaired) electrons. The van der Waals surface area contributed by atoms with Crippen LogP contribution < -0.4 is 0 Å². The molecule has 0 spiro atoms. The molecule has 72 heavy (non-hydrogen) atoms. The molecule has 0 N–H and O–H groups in total. The first-order valence-corrected chi connectivity index (χ1v) is 24.9. The first kappa shape index (κ1) is 44.4. The summed E-state index contributed by atoms with van der Waals surface area (Å²) in [6.07, 6.45) is 3.87. The first-order chi connectivity index (χ1) is 34.9. The number of nitrogens with zero attached hydrogens (tertiary/aromatic N) is 4. The lowest BCUT2D eigenvalue weighted by Crippen LogP contribution is -2.02. The van der Waals surface area contributed by atoms with Crippen LogP contribution in [-0.2, 0) is 0 Å². The van der Waals surface area contributed by atoms with E-state index in [1.165, 1.54) is 99.8 Å². The van der Waals surface area contributed by atoms with Gasteiger partial charge in [0.1, 0.15) is 0 Å². The van der Waals surface area contributed by atoms with E-state index in [0.29, 0.717) is 5.56 Å². The highest BCUT2D eigenvalue weighted by atomic mass is 15.0. The lowest BCUT2D eigenvalue weighted by atomic mass is 9.95. The molecule has 3 heterocycles. The Morgan fingerprint density at radius 1 is 0.333 bits per heavy atom. The van der Waals surface area contributed by atoms with Crippen molar-refractivity contribution < 1.29 is 0 Å². The summed E-state index contributed by atoms with van der Waals surface area (Å²) in [6.45, 7) is 17.4. The monoisotopic (exact) mass is 926 g/mol. The highest BCUT2D eigenvalue weighted by molar-refractivity contribution is 6.14. The fourth-order valence-corrected chi connectivity index (χ4v) is 11.6. The molecule has 4 heteroatoms. The molecule has 0 saturated carbocycles. The van der Waals surface area contributed by atoms with Crippen molar-refractivity contribution in [3.63, 3.8) is 0 Å². The summed E-state index contributed by atoms with van der Waals surface area (Å²) >= 11 is 0. The SMILES string of the molecule is Cc1ccc(-c2ccc3c(c2)c2cc(-c4ccc(C)cc4C)ccc2n3-c2ccncc2-c2cc(C#N)ccc2-n2c3ccc(-c4ccc(C)cc4C)cc3c3cc(-c4ccc(C)cc4C)ccc32)c(C)c1. The van der Waals surface area contributed by atoms with E-state index in [-0.39, 0.29) is 0 Å². The number of nitriles is 1. The number of benzene rings is 9. The highest BCUT2D eigenvalue weighted by Gasteiger charge is 2.23. The molecule has 0 aliphatic carbocycles. The van der Waals surface area contributed by atoms with Gasteiger partial charge in [0.2, 0.25) is 0 Å². The highest BCUT2D eigenvalue weighted by Crippen LogP contribution is 2.44. The van der Waals surface area contributed by atoms with Gasteiger partial charge < -0.3 is 9.13 Å². The topological polar surface area (TPSA) is 46.5 Å². The molecule has 9 aromatic carbocycles. The van der Waals surface area contributed by atoms with Crippen molar-refractivity contribution >= 4 is 43.6 Å². The molecular formula is C68H54N4. The molecule has 12 aromatic rings. The lowest BCUT2D eigenvalue weighted by molar-refractivity contribution is 1.14. The van der Waals surface area contributed by atoms with E-state index in [1.807, 2.05) is 24.5 Å². The second kappa shape index (κ2) is 17.3. The van der Waals surface area contributed by atoms with Gasteiger partial charge in [-0.25, -0.2) is 0 Å². The summed E-state index contributed by atoms with van der Waals surface area (Å²) in [4.78, 5) is 4.85. The van der Waals surface area contributed by atoms with Gasteiger partial charge in [0.25, 0.3) is 0 Å². The van der Waals surface area contributed by atoms with Crippen LogP contribution in [0, 0.1) is 66.7 Å². The van der Waals surface area contributed by atoms with Gasteiger partial charge in [-0.05, 0) is 195 Å². The second-order valence-electron chi connectivity index (χ2n) is 20.1. The van der Waals surface area contributed by atoms with Crippen LogP contribution in [0.15, 0.2) is 182 Å². The Kier molecular flexibility index (Phi) is 10.7. The van der Waals surface area contributed by atoms with E-state index in [9.17, 15) is 5.26 Å². The maximum Gasteiger partial charge on any atom is 0.0991 e. The van der Waals surface area contributed by atoms with Crippen molar-refractivity contribution in [2.24, 2.45) is 0 Å². The van der Waals surface area contributed by atoms with E-state index < -0.39 is 0 Å². The Balaban J connectivity index is 1.12. The smallest absolute Gasteiger partial charge is 0.0991 e. The summed E-state index contributed by atoms with van der Waals surface area (Å²) in [6, 6.07) is 65.3. The summed E-state index contributed by atoms with van der Waals surface area (Å²) < 4.78 is 4.80. The average molecular weight is 927 g/mol. The molecule has 0 amide bonds. The summed E-state index contributed by atoms with van der Waals surface area (Å²) in [5.74, 6) is 0. The molecule has 0 atom stereocenters. The first-order valence-electron chi connectivity index (χ1n) is 24.9. The molecule has 0 unspecified atom stereocenters. The normalized spacial score (nSPS) is 11.6. The van der Waals surface area contributed by atoms with E-state index in [0.717, 1.165) is 55.3 Å². The lowest BCUT2D eigenvalue weighted by Gasteiger charge is -2.19. The number of pyridine rings is 1. The Hall–Kier alpha value is -8.78. The zero-order chi connectivity index (χ0) is 49.5. The Morgan fingerprint density at radius 3 is 1.01 bits per heavy atom. The van der Waals surface area contributed by atoms with Crippen molar-refractivity contribution in [3.8, 4) is 73.1 Å². The predicted molar refractivity (Wildman–Crippen MR) is 303 cm³/mol. The second-order valence-corrected chi connectivity index (χ2v) is 20.1. The number of aromatic nitrogens is 3. The van der Waals surface area contributed by atoms with Gasteiger partial charge in [0.15, 0.2) is 0 Å². The summed E-state index contributed by atoms with van der Waals surface area (Å²) in [5, 5.41) is 15.3. The van der Waals surface area contributed by atoms with Crippen LogP contribution in [0.25, 0.3) is 111 Å². The third kappa shape index (κ3) is 7.40. The van der Waals surface area contributed by atoms with E-state index in [2.05, 4.69) is 228 Å². The summed E-state index contributed by atoms with van der Waals surface area (Å²) in [5.41, 5.74) is 28.4. The zero-order valence-electron chi connectivity index (χ0n) is 42.1. The van der Waals surface area contributed by atoms with Crippen molar-refractivity contribution in [3.05, 3.63) is 232 Å². The van der Waals surface area contributed by atoms with Gasteiger partial charge >= 0.3 is 0 Å². The van der Waals surface area contributed by atoms with Crippen LogP contribution in [0.5, 0.6) is 0 Å². The Labute approximate surface area is 421 Å². The third-order valence-corrected chi connectivity index (χ3v) is 15.0. The van der Waals surface area contributed by atoms with Crippen molar-refractivity contribution in [2.75, 3.05) is 0 Å². The molecule has 3 aromatic heterocycles. The molecule has 0 aliphatic heterocycles. The fourth-order valence-electron chi connectivity index (χ4n) is 11.6. The maximum absolute atomic E-state index is 10.6. The van der Waals surface area contributed by atoms with Crippen LogP contribution in [0.4, 0.5) is 0 Å². The molecule has 4 nitrogen and oxygen atoms in total. The molecule has 12 rings (SSSR count). The maximum atomic E-state index is 10.6. The minimum atomic E-state index is 0.581. The molecule has 0 bridgehead atoms. The van der Waals surface area contributed by atoms with Crippen LogP contribution in [0.1, 0.15) is 50.1 Å². The minimum Gasteiger partial charge on any atom is -0.309 e. The van der Waals surface area contributed by atoms with Gasteiger partial charge in [-0.3, -0.25) is 4.98 Å². The van der Waals surface area contributed by atoms with E-state index >= 15 is 0 Å².